The van der Waals surface area contributed by atoms with Gasteiger partial charge in [-0.15, -0.1) is 5.75 Å². The van der Waals surface area contributed by atoms with Crippen LogP contribution in [0.5, 0.6) is 11.5 Å². The van der Waals surface area contributed by atoms with E-state index >= 15 is 0 Å². The van der Waals surface area contributed by atoms with Gasteiger partial charge in [0, 0.05) is 5.56 Å². The average molecular weight is 315 g/mol. The van der Waals surface area contributed by atoms with Gasteiger partial charge in [-0.2, -0.15) is 0 Å². The smallest absolute Gasteiger partial charge is 0.185 e. The topological polar surface area (TPSA) is 49.4 Å². The van der Waals surface area contributed by atoms with Crippen LogP contribution in [-0.2, 0) is 0 Å². The van der Waals surface area contributed by atoms with Gasteiger partial charge in [-0.05, 0) is 32.4 Å². The Hall–Kier alpha value is -1.86. The standard InChI is InChI=1S/C18H21O3P/c1-2-3-4-13-21-16-9-11-17(12-10-16)22-18(20)14-5-7-15(19)8-6-14/h5-12,19,22H,2-4,13H2,1H3/p-1. The van der Waals surface area contributed by atoms with Crippen molar-refractivity contribution in [1.82, 2.24) is 0 Å². The Morgan fingerprint density at radius 3 is 2.36 bits per heavy atom. The second-order valence-corrected chi connectivity index (χ2v) is 6.34. The van der Waals surface area contributed by atoms with E-state index in [2.05, 4.69) is 6.92 Å². The minimum Gasteiger partial charge on any atom is -0.872 e. The summed E-state index contributed by atoms with van der Waals surface area (Å²) >= 11 is 0. The summed E-state index contributed by atoms with van der Waals surface area (Å²) in [5, 5.41) is 12.0. The molecule has 1 unspecified atom stereocenters. The minimum absolute atomic E-state index is 0.0385. The first-order chi connectivity index (χ1) is 10.7. The van der Waals surface area contributed by atoms with Gasteiger partial charge in [0.1, 0.15) is 5.75 Å². The van der Waals surface area contributed by atoms with Crippen LogP contribution in [0.25, 0.3) is 0 Å². The molecule has 3 nitrogen and oxygen atoms in total. The van der Waals surface area contributed by atoms with Crippen molar-refractivity contribution in [2.24, 2.45) is 0 Å². The summed E-state index contributed by atoms with van der Waals surface area (Å²) in [6.07, 6.45) is 3.42. The maximum atomic E-state index is 12.1. The highest BCUT2D eigenvalue weighted by molar-refractivity contribution is 7.66. The van der Waals surface area contributed by atoms with E-state index in [-0.39, 0.29) is 19.9 Å². The summed E-state index contributed by atoms with van der Waals surface area (Å²) in [6.45, 7) is 2.90. The van der Waals surface area contributed by atoms with E-state index in [0.29, 0.717) is 5.56 Å². The number of rotatable bonds is 8. The van der Waals surface area contributed by atoms with Crippen LogP contribution in [0.3, 0.4) is 0 Å². The third kappa shape index (κ3) is 5.16. The Bertz CT molecular complexity index is 591. The van der Waals surface area contributed by atoms with Gasteiger partial charge in [0.2, 0.25) is 0 Å². The van der Waals surface area contributed by atoms with Crippen molar-refractivity contribution in [3.63, 3.8) is 0 Å². The van der Waals surface area contributed by atoms with Crippen molar-refractivity contribution >= 4 is 19.4 Å². The van der Waals surface area contributed by atoms with Crippen LogP contribution in [0, 0.1) is 0 Å². The summed E-state index contributed by atoms with van der Waals surface area (Å²) in [5.41, 5.74) is 0.620. The normalized spacial score (nSPS) is 11.0. The van der Waals surface area contributed by atoms with Gasteiger partial charge in [-0.25, -0.2) is 0 Å². The number of hydrogen-bond acceptors (Lipinski definition) is 3. The molecule has 1 atom stereocenters. The molecule has 0 amide bonds. The number of unbranched alkanes of at least 4 members (excludes halogenated alkanes) is 2. The fourth-order valence-corrected chi connectivity index (χ4v) is 2.89. The van der Waals surface area contributed by atoms with Gasteiger partial charge < -0.3 is 9.84 Å². The Morgan fingerprint density at radius 1 is 1.05 bits per heavy atom. The Kier molecular flexibility index (Phi) is 6.42. The highest BCUT2D eigenvalue weighted by atomic mass is 31.1. The van der Waals surface area contributed by atoms with Gasteiger partial charge in [0.05, 0.1) is 6.61 Å². The first-order valence-electron chi connectivity index (χ1n) is 7.50. The third-order valence-electron chi connectivity index (χ3n) is 3.25. The molecule has 0 heterocycles. The van der Waals surface area contributed by atoms with Crippen molar-refractivity contribution in [2.75, 3.05) is 6.61 Å². The van der Waals surface area contributed by atoms with E-state index in [4.69, 9.17) is 4.74 Å². The van der Waals surface area contributed by atoms with Crippen LogP contribution < -0.4 is 15.1 Å². The first kappa shape index (κ1) is 16.5. The predicted octanol–water partition coefficient (Wildman–Crippen LogP) is 3.47. The molecule has 2 aromatic rings. The lowest BCUT2D eigenvalue weighted by Crippen LogP contribution is -2.02. The maximum absolute atomic E-state index is 12.1. The molecule has 0 aliphatic rings. The zero-order valence-electron chi connectivity index (χ0n) is 12.7. The third-order valence-corrected chi connectivity index (χ3v) is 4.38. The van der Waals surface area contributed by atoms with E-state index in [1.807, 2.05) is 24.3 Å². The molecular formula is C18H20O3P-. The summed E-state index contributed by atoms with van der Waals surface area (Å²) < 4.78 is 5.65. The second kappa shape index (κ2) is 8.55. The maximum Gasteiger partial charge on any atom is 0.185 e. The van der Waals surface area contributed by atoms with Crippen LogP contribution in [0.4, 0.5) is 0 Å². The van der Waals surface area contributed by atoms with Gasteiger partial charge >= 0.3 is 0 Å². The van der Waals surface area contributed by atoms with Crippen molar-refractivity contribution < 1.29 is 14.6 Å². The lowest BCUT2D eigenvalue weighted by Gasteiger charge is -2.08. The van der Waals surface area contributed by atoms with E-state index < -0.39 is 0 Å². The fourth-order valence-electron chi connectivity index (χ4n) is 1.99. The Labute approximate surface area is 133 Å². The molecule has 0 saturated heterocycles. The lowest BCUT2D eigenvalue weighted by molar-refractivity contribution is -0.268. The average Bonchev–Trinajstić information content (AvgIpc) is 2.54. The second-order valence-electron chi connectivity index (χ2n) is 5.06. The molecule has 0 aliphatic heterocycles. The molecule has 0 bridgehead atoms. The fraction of sp³-hybridized carbons (Fsp3) is 0.278. The number of benzene rings is 2. The number of carbonyl (C=O) groups is 1. The van der Waals surface area contributed by atoms with E-state index in [1.165, 1.54) is 25.0 Å². The highest BCUT2D eigenvalue weighted by Gasteiger charge is 2.06. The largest absolute Gasteiger partial charge is 0.872 e. The van der Waals surface area contributed by atoms with Crippen LogP contribution >= 0.6 is 8.58 Å². The number of ether oxygens (including phenoxy) is 1. The molecule has 0 radical (unpaired) electrons. The van der Waals surface area contributed by atoms with Gasteiger partial charge in [0.25, 0.3) is 0 Å². The van der Waals surface area contributed by atoms with Crippen molar-refractivity contribution in [2.45, 2.75) is 26.2 Å². The summed E-state index contributed by atoms with van der Waals surface area (Å²) in [6, 6.07) is 13.7. The molecule has 2 rings (SSSR count). The lowest BCUT2D eigenvalue weighted by atomic mass is 10.2. The summed E-state index contributed by atoms with van der Waals surface area (Å²) in [7, 11) is 0.0547. The van der Waals surface area contributed by atoms with E-state index in [0.717, 1.165) is 24.1 Å². The molecular weight excluding hydrogens is 295 g/mol. The molecule has 0 fully saturated rings. The number of carbonyl (C=O) groups excluding carboxylic acids is 1. The van der Waals surface area contributed by atoms with Crippen LogP contribution in [0.1, 0.15) is 36.5 Å². The molecule has 4 heteroatoms. The zero-order chi connectivity index (χ0) is 15.8. The predicted molar refractivity (Wildman–Crippen MR) is 89.6 cm³/mol. The monoisotopic (exact) mass is 315 g/mol. The van der Waals surface area contributed by atoms with E-state index in [1.54, 1.807) is 12.1 Å². The van der Waals surface area contributed by atoms with Crippen LogP contribution in [0.2, 0.25) is 0 Å². The van der Waals surface area contributed by atoms with Crippen molar-refractivity contribution in [1.29, 1.82) is 0 Å². The molecule has 0 spiro atoms. The van der Waals surface area contributed by atoms with Crippen molar-refractivity contribution in [3.8, 4) is 11.5 Å². The highest BCUT2D eigenvalue weighted by Crippen LogP contribution is 2.21. The van der Waals surface area contributed by atoms with Gasteiger partial charge in [0.15, 0.2) is 5.52 Å². The SMILES string of the molecule is CCCCCOc1ccc(PC(=O)c2ccc([O-])cc2)cc1. The zero-order valence-corrected chi connectivity index (χ0v) is 13.7. The van der Waals surface area contributed by atoms with Gasteiger partial charge in [-0.1, -0.05) is 56.2 Å². The van der Waals surface area contributed by atoms with Crippen LogP contribution in [0.15, 0.2) is 48.5 Å². The van der Waals surface area contributed by atoms with Crippen LogP contribution in [-0.4, -0.2) is 12.1 Å². The summed E-state index contributed by atoms with van der Waals surface area (Å²) in [5.74, 6) is 0.761. The molecule has 22 heavy (non-hydrogen) atoms. The number of hydrogen-bond donors (Lipinski definition) is 0. The molecule has 2 aromatic carbocycles. The van der Waals surface area contributed by atoms with Gasteiger partial charge in [-0.3, -0.25) is 4.79 Å². The summed E-state index contributed by atoms with van der Waals surface area (Å²) in [4.78, 5) is 12.1. The van der Waals surface area contributed by atoms with Crippen molar-refractivity contribution in [3.05, 3.63) is 54.1 Å². The quantitative estimate of drug-likeness (QED) is 0.553. The molecule has 0 aromatic heterocycles. The Morgan fingerprint density at radius 2 is 1.73 bits per heavy atom. The molecule has 0 aliphatic carbocycles. The molecule has 0 saturated carbocycles. The first-order valence-corrected chi connectivity index (χ1v) is 8.50. The Balaban J connectivity index is 1.88. The molecule has 0 N–H and O–H groups in total. The minimum atomic E-state index is -0.0792. The molecule has 116 valence electrons. The van der Waals surface area contributed by atoms with E-state index in [9.17, 15) is 9.90 Å².